The lowest BCUT2D eigenvalue weighted by Gasteiger charge is -2.17. The van der Waals surface area contributed by atoms with E-state index in [1.807, 2.05) is 6.07 Å². The summed E-state index contributed by atoms with van der Waals surface area (Å²) in [5, 5.41) is 21.7. The fraction of sp³-hybridized carbons (Fsp3) is 0.273. The van der Waals surface area contributed by atoms with Crippen molar-refractivity contribution in [1.29, 1.82) is 5.26 Å². The average molecular weight is 268 g/mol. The normalized spacial score (nSPS) is 10.6. The van der Waals surface area contributed by atoms with Gasteiger partial charge in [-0.3, -0.25) is 14.9 Å². The first-order valence-electron chi connectivity index (χ1n) is 4.95. The predicted octanol–water partition coefficient (Wildman–Crippen LogP) is 2.28. The molecular formula is C11H10ClN3O3. The smallest absolute Gasteiger partial charge is 0.288 e. The highest BCUT2D eigenvalue weighted by atomic mass is 35.5. The van der Waals surface area contributed by atoms with Crippen LogP contribution in [0.15, 0.2) is 18.2 Å². The average Bonchev–Trinajstić information content (AvgIpc) is 2.28. The van der Waals surface area contributed by atoms with E-state index in [-0.39, 0.29) is 16.3 Å². The van der Waals surface area contributed by atoms with Gasteiger partial charge in [0.25, 0.3) is 11.6 Å². The largest absolute Gasteiger partial charge is 0.334 e. The fourth-order valence-corrected chi connectivity index (χ4v) is 1.50. The van der Waals surface area contributed by atoms with Crippen molar-refractivity contribution in [3.05, 3.63) is 38.9 Å². The number of nitro groups is 1. The molecule has 1 N–H and O–H groups in total. The summed E-state index contributed by atoms with van der Waals surface area (Å²) in [7, 11) is 0. The van der Waals surface area contributed by atoms with Crippen LogP contribution < -0.4 is 5.32 Å². The molecule has 18 heavy (non-hydrogen) atoms. The van der Waals surface area contributed by atoms with Crippen LogP contribution in [0.4, 0.5) is 5.69 Å². The standard InChI is InChI=1S/C11H10ClN3O3/c1-11(2,6-13)14-10(16)7-4-3-5-8(9(7)12)15(17)18/h3-5H,1-2H3,(H,14,16). The number of rotatable bonds is 3. The van der Waals surface area contributed by atoms with Crippen LogP contribution in [0, 0.1) is 21.4 Å². The SMILES string of the molecule is CC(C)(C#N)NC(=O)c1cccc([N+](=O)[O-])c1Cl. The van der Waals surface area contributed by atoms with Gasteiger partial charge >= 0.3 is 0 Å². The molecule has 0 heterocycles. The Labute approximate surface area is 108 Å². The van der Waals surface area contributed by atoms with Crippen molar-refractivity contribution in [3.63, 3.8) is 0 Å². The van der Waals surface area contributed by atoms with E-state index in [4.69, 9.17) is 16.9 Å². The molecule has 0 atom stereocenters. The molecule has 1 amide bonds. The molecular weight excluding hydrogens is 258 g/mol. The number of carbonyl (C=O) groups is 1. The second-order valence-corrected chi connectivity index (χ2v) is 4.46. The summed E-state index contributed by atoms with van der Waals surface area (Å²) < 4.78 is 0. The maximum atomic E-state index is 11.8. The lowest BCUT2D eigenvalue weighted by Crippen LogP contribution is -2.42. The number of halogens is 1. The number of nitrogens with zero attached hydrogens (tertiary/aromatic N) is 2. The van der Waals surface area contributed by atoms with Crippen molar-refractivity contribution < 1.29 is 9.72 Å². The first-order valence-corrected chi connectivity index (χ1v) is 5.33. The van der Waals surface area contributed by atoms with Gasteiger partial charge in [0.15, 0.2) is 0 Å². The molecule has 0 aromatic heterocycles. The Morgan fingerprint density at radius 2 is 2.17 bits per heavy atom. The van der Waals surface area contributed by atoms with Crippen LogP contribution in [0.2, 0.25) is 5.02 Å². The predicted molar refractivity (Wildman–Crippen MR) is 65.3 cm³/mol. The van der Waals surface area contributed by atoms with Gasteiger partial charge in [0.2, 0.25) is 0 Å². The second kappa shape index (κ2) is 5.02. The molecule has 0 unspecified atom stereocenters. The van der Waals surface area contributed by atoms with Crippen molar-refractivity contribution in [3.8, 4) is 6.07 Å². The summed E-state index contributed by atoms with van der Waals surface area (Å²) in [4.78, 5) is 21.8. The molecule has 0 radical (unpaired) electrons. The number of benzene rings is 1. The van der Waals surface area contributed by atoms with Crippen molar-refractivity contribution in [2.45, 2.75) is 19.4 Å². The fourth-order valence-electron chi connectivity index (χ4n) is 1.22. The number of nitrogens with one attached hydrogen (secondary N) is 1. The van der Waals surface area contributed by atoms with Crippen molar-refractivity contribution >= 4 is 23.2 Å². The molecule has 0 aliphatic heterocycles. The van der Waals surface area contributed by atoms with Crippen LogP contribution in [0.25, 0.3) is 0 Å². The van der Waals surface area contributed by atoms with Gasteiger partial charge < -0.3 is 5.32 Å². The van der Waals surface area contributed by atoms with E-state index >= 15 is 0 Å². The summed E-state index contributed by atoms with van der Waals surface area (Å²) in [6.45, 7) is 3.02. The topological polar surface area (TPSA) is 96.0 Å². The Morgan fingerprint density at radius 3 is 2.67 bits per heavy atom. The summed E-state index contributed by atoms with van der Waals surface area (Å²) in [6.07, 6.45) is 0. The van der Waals surface area contributed by atoms with Gasteiger partial charge in [-0.2, -0.15) is 5.26 Å². The van der Waals surface area contributed by atoms with Crippen LogP contribution in [0.3, 0.4) is 0 Å². The zero-order chi connectivity index (χ0) is 13.9. The zero-order valence-electron chi connectivity index (χ0n) is 9.73. The summed E-state index contributed by atoms with van der Waals surface area (Å²) in [5.74, 6) is -0.629. The van der Waals surface area contributed by atoms with E-state index in [2.05, 4.69) is 5.32 Å². The molecule has 7 heteroatoms. The maximum absolute atomic E-state index is 11.8. The van der Waals surface area contributed by atoms with Crippen molar-refractivity contribution in [2.24, 2.45) is 0 Å². The highest BCUT2D eigenvalue weighted by molar-refractivity contribution is 6.35. The highest BCUT2D eigenvalue weighted by Crippen LogP contribution is 2.27. The first-order chi connectivity index (χ1) is 8.28. The Bertz CT molecular complexity index is 549. The van der Waals surface area contributed by atoms with E-state index in [0.29, 0.717) is 0 Å². The van der Waals surface area contributed by atoms with E-state index in [0.717, 1.165) is 0 Å². The third-order valence-electron chi connectivity index (χ3n) is 2.13. The first kappa shape index (κ1) is 13.9. The minimum atomic E-state index is -1.08. The van der Waals surface area contributed by atoms with Gasteiger partial charge in [-0.05, 0) is 19.9 Å². The molecule has 0 aliphatic rings. The molecule has 1 aromatic rings. The van der Waals surface area contributed by atoms with Gasteiger partial charge in [-0.15, -0.1) is 0 Å². The number of amides is 1. The molecule has 94 valence electrons. The zero-order valence-corrected chi connectivity index (χ0v) is 10.5. The van der Waals surface area contributed by atoms with Crippen LogP contribution >= 0.6 is 11.6 Å². The number of hydrogen-bond acceptors (Lipinski definition) is 4. The van der Waals surface area contributed by atoms with Crippen LogP contribution in [0.1, 0.15) is 24.2 Å². The van der Waals surface area contributed by atoms with E-state index in [1.54, 1.807) is 0 Å². The summed E-state index contributed by atoms with van der Waals surface area (Å²) in [6, 6.07) is 5.81. The number of hydrogen-bond donors (Lipinski definition) is 1. The highest BCUT2D eigenvalue weighted by Gasteiger charge is 2.24. The third-order valence-corrected chi connectivity index (χ3v) is 2.52. The Morgan fingerprint density at radius 1 is 1.56 bits per heavy atom. The minimum absolute atomic E-state index is 0.0332. The molecule has 1 rings (SSSR count). The quantitative estimate of drug-likeness (QED) is 0.671. The van der Waals surface area contributed by atoms with E-state index < -0.39 is 16.4 Å². The second-order valence-electron chi connectivity index (χ2n) is 4.09. The Balaban J connectivity index is 3.13. The van der Waals surface area contributed by atoms with Crippen molar-refractivity contribution in [1.82, 2.24) is 5.32 Å². The molecule has 0 fully saturated rings. The third kappa shape index (κ3) is 2.96. The maximum Gasteiger partial charge on any atom is 0.288 e. The minimum Gasteiger partial charge on any atom is -0.334 e. The number of nitriles is 1. The molecule has 0 saturated heterocycles. The van der Waals surface area contributed by atoms with Gasteiger partial charge in [0.1, 0.15) is 10.6 Å². The Hall–Kier alpha value is -2.13. The molecule has 1 aromatic carbocycles. The van der Waals surface area contributed by atoms with Crippen LogP contribution in [0.5, 0.6) is 0 Å². The summed E-state index contributed by atoms with van der Waals surface area (Å²) in [5.41, 5.74) is -1.46. The lowest BCUT2D eigenvalue weighted by atomic mass is 10.1. The number of nitro benzene ring substituents is 1. The molecule has 0 spiro atoms. The van der Waals surface area contributed by atoms with Gasteiger partial charge in [-0.25, -0.2) is 0 Å². The molecule has 0 saturated carbocycles. The van der Waals surface area contributed by atoms with Gasteiger partial charge in [0.05, 0.1) is 16.6 Å². The number of carbonyl (C=O) groups excluding carboxylic acids is 1. The monoisotopic (exact) mass is 267 g/mol. The lowest BCUT2D eigenvalue weighted by molar-refractivity contribution is -0.384. The molecule has 0 aliphatic carbocycles. The molecule has 6 nitrogen and oxygen atoms in total. The van der Waals surface area contributed by atoms with Crippen LogP contribution in [-0.2, 0) is 0 Å². The van der Waals surface area contributed by atoms with E-state index in [9.17, 15) is 14.9 Å². The summed E-state index contributed by atoms with van der Waals surface area (Å²) >= 11 is 5.79. The van der Waals surface area contributed by atoms with E-state index in [1.165, 1.54) is 32.0 Å². The van der Waals surface area contributed by atoms with Gasteiger partial charge in [-0.1, -0.05) is 17.7 Å². The Kier molecular flexibility index (Phi) is 3.89. The van der Waals surface area contributed by atoms with Gasteiger partial charge in [0, 0.05) is 6.07 Å². The van der Waals surface area contributed by atoms with Crippen LogP contribution in [-0.4, -0.2) is 16.4 Å². The molecule has 0 bridgehead atoms. The van der Waals surface area contributed by atoms with Crippen molar-refractivity contribution in [2.75, 3.05) is 0 Å².